The van der Waals surface area contributed by atoms with E-state index in [0.717, 1.165) is 70.6 Å². The predicted molar refractivity (Wildman–Crippen MR) is 256 cm³/mol. The van der Waals surface area contributed by atoms with Gasteiger partial charge in [-0.25, -0.2) is 0 Å². The monoisotopic (exact) mass is 845 g/mol. The molecule has 6 nitrogen and oxygen atoms in total. The van der Waals surface area contributed by atoms with Crippen molar-refractivity contribution in [3.63, 3.8) is 0 Å². The molecule has 0 fully saturated rings. The molecule has 0 radical (unpaired) electrons. The van der Waals surface area contributed by atoms with Gasteiger partial charge < -0.3 is 14.2 Å². The highest BCUT2D eigenvalue weighted by Crippen LogP contribution is 2.16. The Morgan fingerprint density at radius 1 is 0.317 bits per heavy atom. The zero-order valence-corrected chi connectivity index (χ0v) is 40.2. The topological polar surface area (TPSA) is 78.9 Å². The Balaban J connectivity index is 4.35. The van der Waals surface area contributed by atoms with Crippen molar-refractivity contribution in [1.82, 2.24) is 0 Å². The second-order valence-corrected chi connectivity index (χ2v) is 17.8. The molecule has 0 aromatic rings. The van der Waals surface area contributed by atoms with Gasteiger partial charge in [0.1, 0.15) is 13.2 Å². The van der Waals surface area contributed by atoms with Crippen molar-refractivity contribution in [3.8, 4) is 0 Å². The maximum atomic E-state index is 12.8. The summed E-state index contributed by atoms with van der Waals surface area (Å²) in [5, 5.41) is 0. The number of carbonyl (C=O) groups is 3. The minimum Gasteiger partial charge on any atom is -0.462 e. The second kappa shape index (κ2) is 49.5. The number of allylic oxidation sites excluding steroid dienone is 4. The summed E-state index contributed by atoms with van der Waals surface area (Å²) in [6.45, 7) is 6.62. The minimum atomic E-state index is -0.772. The number of rotatable bonds is 48. The quantitative estimate of drug-likeness (QED) is 0.0263. The third-order valence-corrected chi connectivity index (χ3v) is 11.7. The smallest absolute Gasteiger partial charge is 0.306 e. The first-order chi connectivity index (χ1) is 29.5. The molecule has 0 aromatic carbocycles. The lowest BCUT2D eigenvalue weighted by molar-refractivity contribution is -0.167. The molecule has 0 spiro atoms. The maximum Gasteiger partial charge on any atom is 0.306 e. The lowest BCUT2D eigenvalue weighted by Gasteiger charge is -2.18. The molecule has 0 aliphatic carbocycles. The van der Waals surface area contributed by atoms with Gasteiger partial charge in [0.15, 0.2) is 6.10 Å². The van der Waals surface area contributed by atoms with Crippen LogP contribution in [0.3, 0.4) is 0 Å². The number of ether oxygens (including phenoxy) is 3. The Morgan fingerprint density at radius 2 is 0.550 bits per heavy atom. The van der Waals surface area contributed by atoms with E-state index in [4.69, 9.17) is 14.2 Å². The van der Waals surface area contributed by atoms with Crippen LogP contribution in [0, 0.1) is 0 Å². The van der Waals surface area contributed by atoms with E-state index in [9.17, 15) is 14.4 Å². The molecule has 352 valence electrons. The molecule has 6 heteroatoms. The second-order valence-electron chi connectivity index (χ2n) is 17.8. The summed E-state index contributed by atoms with van der Waals surface area (Å²) in [5.41, 5.74) is 0. The maximum absolute atomic E-state index is 12.8. The molecule has 0 rings (SSSR count). The van der Waals surface area contributed by atoms with Crippen LogP contribution >= 0.6 is 0 Å². The van der Waals surface area contributed by atoms with E-state index >= 15 is 0 Å². The largest absolute Gasteiger partial charge is 0.462 e. The minimum absolute atomic E-state index is 0.0746. The summed E-state index contributed by atoms with van der Waals surface area (Å²) >= 11 is 0. The van der Waals surface area contributed by atoms with Gasteiger partial charge in [-0.2, -0.15) is 0 Å². The summed E-state index contributed by atoms with van der Waals surface area (Å²) in [6, 6.07) is 0. The zero-order chi connectivity index (χ0) is 43.7. The van der Waals surface area contributed by atoms with Crippen molar-refractivity contribution < 1.29 is 28.6 Å². The Morgan fingerprint density at radius 3 is 0.867 bits per heavy atom. The molecule has 0 heterocycles. The average molecular weight is 845 g/mol. The molecule has 0 N–H and O–H groups in total. The fourth-order valence-electron chi connectivity index (χ4n) is 7.67. The average Bonchev–Trinajstić information content (AvgIpc) is 3.24. The van der Waals surface area contributed by atoms with Crippen LogP contribution < -0.4 is 0 Å². The van der Waals surface area contributed by atoms with Gasteiger partial charge in [-0.3, -0.25) is 14.4 Å². The predicted octanol–water partition coefficient (Wildman–Crippen LogP) is 17.2. The van der Waals surface area contributed by atoms with Gasteiger partial charge in [0.05, 0.1) is 0 Å². The van der Waals surface area contributed by atoms with Crippen LogP contribution in [0.25, 0.3) is 0 Å². The van der Waals surface area contributed by atoms with E-state index in [1.807, 2.05) is 0 Å². The molecule has 0 bridgehead atoms. The zero-order valence-electron chi connectivity index (χ0n) is 40.2. The van der Waals surface area contributed by atoms with Gasteiger partial charge in [-0.05, 0) is 70.6 Å². The van der Waals surface area contributed by atoms with Crippen LogP contribution in [0.4, 0.5) is 0 Å². The summed E-state index contributed by atoms with van der Waals surface area (Å²) in [6.07, 6.45) is 55.8. The molecule has 0 aromatic heterocycles. The summed E-state index contributed by atoms with van der Waals surface area (Å²) in [4.78, 5) is 37.9. The Kier molecular flexibility index (Phi) is 47.8. The van der Waals surface area contributed by atoms with Crippen LogP contribution in [0.2, 0.25) is 0 Å². The number of hydrogen-bond acceptors (Lipinski definition) is 6. The first-order valence-electron chi connectivity index (χ1n) is 26.3. The lowest BCUT2D eigenvalue weighted by Crippen LogP contribution is -2.30. The SMILES string of the molecule is CCCCC/C=C\CCCCCCCC(=O)OC[C@H](COC(=O)CCCCCCC/C=C\CCCCCCCCC)OC(=O)CCCCCCCCCCCCCCCC. The van der Waals surface area contributed by atoms with Crippen LogP contribution in [0.15, 0.2) is 24.3 Å². The molecular weight excluding hydrogens is 745 g/mol. The van der Waals surface area contributed by atoms with Crippen LogP contribution in [-0.2, 0) is 28.6 Å². The van der Waals surface area contributed by atoms with E-state index in [-0.39, 0.29) is 31.1 Å². The van der Waals surface area contributed by atoms with Gasteiger partial charge >= 0.3 is 17.9 Å². The molecule has 0 unspecified atom stereocenters. The number of esters is 3. The third kappa shape index (κ3) is 46.9. The van der Waals surface area contributed by atoms with E-state index in [0.29, 0.717) is 19.3 Å². The normalized spacial score (nSPS) is 12.1. The molecule has 0 saturated heterocycles. The molecule has 1 atom stereocenters. The molecular formula is C54H100O6. The van der Waals surface area contributed by atoms with Crippen molar-refractivity contribution in [3.05, 3.63) is 24.3 Å². The van der Waals surface area contributed by atoms with Crippen molar-refractivity contribution >= 4 is 17.9 Å². The van der Waals surface area contributed by atoms with Gasteiger partial charge in [-0.15, -0.1) is 0 Å². The summed E-state index contributed by atoms with van der Waals surface area (Å²) < 4.78 is 16.8. The van der Waals surface area contributed by atoms with Crippen molar-refractivity contribution in [2.45, 2.75) is 290 Å². The van der Waals surface area contributed by atoms with E-state index in [1.54, 1.807) is 0 Å². The van der Waals surface area contributed by atoms with Crippen molar-refractivity contribution in [2.75, 3.05) is 13.2 Å². The molecule has 0 aliphatic heterocycles. The third-order valence-electron chi connectivity index (χ3n) is 11.7. The number of carbonyl (C=O) groups excluding carboxylic acids is 3. The van der Waals surface area contributed by atoms with Crippen LogP contribution in [0.1, 0.15) is 284 Å². The lowest BCUT2D eigenvalue weighted by atomic mass is 10.0. The van der Waals surface area contributed by atoms with E-state index < -0.39 is 6.10 Å². The van der Waals surface area contributed by atoms with Crippen molar-refractivity contribution in [1.29, 1.82) is 0 Å². The number of hydrogen-bond donors (Lipinski definition) is 0. The fraction of sp³-hybridized carbons (Fsp3) is 0.870. The summed E-state index contributed by atoms with van der Waals surface area (Å²) in [7, 11) is 0. The van der Waals surface area contributed by atoms with Crippen molar-refractivity contribution in [2.24, 2.45) is 0 Å². The fourth-order valence-corrected chi connectivity index (χ4v) is 7.67. The van der Waals surface area contributed by atoms with Crippen LogP contribution in [0.5, 0.6) is 0 Å². The Bertz CT molecular complexity index is 973. The molecule has 0 saturated carbocycles. The van der Waals surface area contributed by atoms with Gasteiger partial charge in [-0.1, -0.05) is 218 Å². The summed E-state index contributed by atoms with van der Waals surface area (Å²) in [5.74, 6) is -0.878. The first kappa shape index (κ1) is 57.9. The molecule has 0 amide bonds. The number of unbranched alkanes of at least 4 members (excludes halogenated alkanes) is 33. The first-order valence-corrected chi connectivity index (χ1v) is 26.3. The van der Waals surface area contributed by atoms with E-state index in [2.05, 4.69) is 45.1 Å². The highest BCUT2D eigenvalue weighted by atomic mass is 16.6. The van der Waals surface area contributed by atoms with Crippen LogP contribution in [-0.4, -0.2) is 37.2 Å². The van der Waals surface area contributed by atoms with Gasteiger partial charge in [0, 0.05) is 19.3 Å². The highest BCUT2D eigenvalue weighted by Gasteiger charge is 2.19. The van der Waals surface area contributed by atoms with E-state index in [1.165, 1.54) is 173 Å². The Hall–Kier alpha value is -2.11. The molecule has 60 heavy (non-hydrogen) atoms. The van der Waals surface area contributed by atoms with Gasteiger partial charge in [0.2, 0.25) is 0 Å². The van der Waals surface area contributed by atoms with Gasteiger partial charge in [0.25, 0.3) is 0 Å². The standard InChI is InChI=1S/C54H100O6/c1-4-7-10-13-16-19-22-25-27-28-30-32-35-38-41-44-47-53(56)59-50-51(49-58-52(55)46-43-40-37-34-31-24-21-18-15-12-9-6-3)60-54(57)48-45-42-39-36-33-29-26-23-20-17-14-11-8-5-2/h18,21,27-28,51H,4-17,19-20,22-26,29-50H2,1-3H3/b21-18-,28-27-/t51-/m1/s1. The Labute approximate surface area is 373 Å². The molecule has 0 aliphatic rings. The highest BCUT2D eigenvalue weighted by molar-refractivity contribution is 5.71.